The number of benzene rings is 2. The van der Waals surface area contributed by atoms with Crippen LogP contribution in [-0.4, -0.2) is 41.9 Å². The summed E-state index contributed by atoms with van der Waals surface area (Å²) in [7, 11) is 0. The van der Waals surface area contributed by atoms with Gasteiger partial charge in [-0.3, -0.25) is 14.4 Å². The van der Waals surface area contributed by atoms with Crippen LogP contribution in [0.3, 0.4) is 0 Å². The predicted molar refractivity (Wildman–Crippen MR) is 124 cm³/mol. The van der Waals surface area contributed by atoms with Crippen molar-refractivity contribution < 1.29 is 19.1 Å². The topological polar surface area (TPSA) is 84.5 Å². The number of rotatable bonds is 6. The van der Waals surface area contributed by atoms with Crippen molar-refractivity contribution in [2.75, 3.05) is 6.61 Å². The van der Waals surface area contributed by atoms with E-state index >= 15 is 0 Å². The second-order valence-electron chi connectivity index (χ2n) is 9.61. The zero-order chi connectivity index (χ0) is 23.5. The lowest BCUT2D eigenvalue weighted by atomic mass is 9.86. The van der Waals surface area contributed by atoms with Gasteiger partial charge in [0.05, 0.1) is 6.10 Å². The lowest BCUT2D eigenvalue weighted by molar-refractivity contribution is -0.130. The van der Waals surface area contributed by atoms with Crippen molar-refractivity contribution in [1.29, 1.82) is 0 Å². The molecule has 6 heteroatoms. The van der Waals surface area contributed by atoms with Crippen molar-refractivity contribution in [3.63, 3.8) is 0 Å². The lowest BCUT2D eigenvalue weighted by Crippen LogP contribution is -2.60. The van der Waals surface area contributed by atoms with Crippen LogP contribution in [0, 0.1) is 0 Å². The summed E-state index contributed by atoms with van der Waals surface area (Å²) in [4.78, 5) is 38.5. The van der Waals surface area contributed by atoms with Crippen LogP contribution in [0.25, 0.3) is 0 Å². The Morgan fingerprint density at radius 2 is 1.72 bits per heavy atom. The van der Waals surface area contributed by atoms with Crippen LogP contribution in [-0.2, 0) is 26.2 Å². The molecule has 1 saturated heterocycles. The second-order valence-corrected chi connectivity index (χ2v) is 9.61. The molecule has 3 rings (SSSR count). The molecule has 0 saturated carbocycles. The molecule has 2 aromatic rings. The quantitative estimate of drug-likeness (QED) is 0.728. The summed E-state index contributed by atoms with van der Waals surface area (Å²) >= 11 is 0. The smallest absolute Gasteiger partial charge is 0.251 e. The molecule has 1 aliphatic rings. The van der Waals surface area contributed by atoms with Gasteiger partial charge in [0, 0.05) is 12.0 Å². The van der Waals surface area contributed by atoms with E-state index < -0.39 is 23.6 Å². The van der Waals surface area contributed by atoms with Crippen molar-refractivity contribution in [3.8, 4) is 0 Å². The Kier molecular flexibility index (Phi) is 6.84. The zero-order valence-corrected chi connectivity index (χ0v) is 19.4. The average Bonchev–Trinajstić information content (AvgIpc) is 3.00. The van der Waals surface area contributed by atoms with Crippen LogP contribution in [0.4, 0.5) is 0 Å². The summed E-state index contributed by atoms with van der Waals surface area (Å²) in [5, 5.41) is 5.69. The van der Waals surface area contributed by atoms with Gasteiger partial charge in [0.15, 0.2) is 5.78 Å². The fraction of sp³-hybridized carbons (Fsp3) is 0.423. The molecule has 1 heterocycles. The van der Waals surface area contributed by atoms with Crippen LogP contribution in [0.1, 0.15) is 56.1 Å². The summed E-state index contributed by atoms with van der Waals surface area (Å²) in [6.45, 7) is 9.71. The fourth-order valence-electron chi connectivity index (χ4n) is 3.68. The maximum absolute atomic E-state index is 13.2. The molecular weight excluding hydrogens is 404 g/mol. The van der Waals surface area contributed by atoms with E-state index in [9.17, 15) is 14.4 Å². The largest absolute Gasteiger partial charge is 0.368 e. The molecule has 32 heavy (non-hydrogen) atoms. The number of nitrogens with one attached hydrogen (secondary N) is 2. The maximum Gasteiger partial charge on any atom is 0.251 e. The third-order valence-corrected chi connectivity index (χ3v) is 6.16. The van der Waals surface area contributed by atoms with Gasteiger partial charge in [-0.1, -0.05) is 63.2 Å². The van der Waals surface area contributed by atoms with E-state index in [4.69, 9.17) is 4.74 Å². The summed E-state index contributed by atoms with van der Waals surface area (Å²) in [5.74, 6) is -0.934. The van der Waals surface area contributed by atoms with Gasteiger partial charge < -0.3 is 15.4 Å². The van der Waals surface area contributed by atoms with Crippen molar-refractivity contribution in [3.05, 3.63) is 71.3 Å². The monoisotopic (exact) mass is 436 g/mol. The van der Waals surface area contributed by atoms with Crippen molar-refractivity contribution >= 4 is 17.6 Å². The third kappa shape index (κ3) is 5.25. The van der Waals surface area contributed by atoms with E-state index in [1.165, 1.54) is 0 Å². The summed E-state index contributed by atoms with van der Waals surface area (Å²) in [6.07, 6.45) is -0.144. The summed E-state index contributed by atoms with van der Waals surface area (Å²) in [5.41, 5.74) is 1.36. The Morgan fingerprint density at radius 3 is 2.25 bits per heavy atom. The highest BCUT2D eigenvalue weighted by Gasteiger charge is 2.47. The van der Waals surface area contributed by atoms with Crippen LogP contribution >= 0.6 is 0 Å². The Morgan fingerprint density at radius 1 is 1.09 bits per heavy atom. The molecule has 2 amide bonds. The van der Waals surface area contributed by atoms with Gasteiger partial charge in [0.25, 0.3) is 5.91 Å². The summed E-state index contributed by atoms with van der Waals surface area (Å²) < 4.78 is 5.42. The molecule has 2 aromatic carbocycles. The van der Waals surface area contributed by atoms with Gasteiger partial charge in [-0.05, 0) is 42.5 Å². The molecule has 0 spiro atoms. The van der Waals surface area contributed by atoms with Crippen LogP contribution in [0.5, 0.6) is 0 Å². The summed E-state index contributed by atoms with van der Waals surface area (Å²) in [6, 6.07) is 16.0. The second kappa shape index (κ2) is 9.25. The van der Waals surface area contributed by atoms with Gasteiger partial charge in [0.1, 0.15) is 18.2 Å². The van der Waals surface area contributed by atoms with E-state index in [-0.39, 0.29) is 23.7 Å². The standard InChI is InChI=1S/C26H32N2O4/c1-17-26(5,22(29)16-32-17)28-24(31)21(15-18-9-7-6-8-10-18)27-23(30)19-11-13-20(14-12-19)25(2,3)4/h6-14,17,21H,15-16H2,1-5H3,(H,27,30)(H,28,31)/t17-,21-,26+/m0/s1. The molecular formula is C26H32N2O4. The number of ether oxygens (including phenoxy) is 1. The highest BCUT2D eigenvalue weighted by Crippen LogP contribution is 2.23. The highest BCUT2D eigenvalue weighted by atomic mass is 16.5. The van der Waals surface area contributed by atoms with Gasteiger partial charge in [0.2, 0.25) is 5.91 Å². The first-order valence-electron chi connectivity index (χ1n) is 10.9. The molecule has 0 aliphatic carbocycles. The molecule has 0 radical (unpaired) electrons. The normalized spacial score (nSPS) is 21.8. The first-order chi connectivity index (χ1) is 15.0. The molecule has 1 aliphatic heterocycles. The van der Waals surface area contributed by atoms with Crippen molar-refractivity contribution in [2.45, 2.75) is 64.1 Å². The predicted octanol–water partition coefficient (Wildman–Crippen LogP) is 3.19. The van der Waals surface area contributed by atoms with Crippen molar-refractivity contribution in [1.82, 2.24) is 10.6 Å². The minimum atomic E-state index is -1.12. The maximum atomic E-state index is 13.2. The number of hydrogen-bond donors (Lipinski definition) is 2. The molecule has 0 bridgehead atoms. The molecule has 0 unspecified atom stereocenters. The van der Waals surface area contributed by atoms with E-state index in [1.807, 2.05) is 42.5 Å². The number of carbonyl (C=O) groups excluding carboxylic acids is 3. The Hall–Kier alpha value is -2.99. The Balaban J connectivity index is 1.80. The molecule has 170 valence electrons. The van der Waals surface area contributed by atoms with Crippen LogP contribution < -0.4 is 10.6 Å². The third-order valence-electron chi connectivity index (χ3n) is 6.16. The van der Waals surface area contributed by atoms with Gasteiger partial charge in [-0.15, -0.1) is 0 Å². The minimum Gasteiger partial charge on any atom is -0.368 e. The Bertz CT molecular complexity index is 979. The van der Waals surface area contributed by atoms with Crippen LogP contribution in [0.15, 0.2) is 54.6 Å². The van der Waals surface area contributed by atoms with Crippen LogP contribution in [0.2, 0.25) is 0 Å². The zero-order valence-electron chi connectivity index (χ0n) is 19.4. The fourth-order valence-corrected chi connectivity index (χ4v) is 3.68. The SMILES string of the molecule is C[C@@H]1OCC(=O)[C@]1(C)NC(=O)[C@H](Cc1ccccc1)NC(=O)c1ccc(C(C)(C)C)cc1. The lowest BCUT2D eigenvalue weighted by Gasteiger charge is -2.30. The highest BCUT2D eigenvalue weighted by molar-refractivity contribution is 6.00. The van der Waals surface area contributed by atoms with E-state index in [2.05, 4.69) is 31.4 Å². The first-order valence-corrected chi connectivity index (χ1v) is 10.9. The molecule has 3 atom stereocenters. The van der Waals surface area contributed by atoms with E-state index in [0.717, 1.165) is 11.1 Å². The number of ketones is 1. The first kappa shape index (κ1) is 23.7. The molecule has 0 aromatic heterocycles. The van der Waals surface area contributed by atoms with E-state index in [0.29, 0.717) is 12.0 Å². The molecule has 6 nitrogen and oxygen atoms in total. The average molecular weight is 437 g/mol. The van der Waals surface area contributed by atoms with Gasteiger partial charge >= 0.3 is 0 Å². The Labute approximate surface area is 189 Å². The molecule has 1 fully saturated rings. The van der Waals surface area contributed by atoms with E-state index in [1.54, 1.807) is 26.0 Å². The number of hydrogen-bond acceptors (Lipinski definition) is 4. The van der Waals surface area contributed by atoms with Gasteiger partial charge in [-0.2, -0.15) is 0 Å². The van der Waals surface area contributed by atoms with Crippen molar-refractivity contribution in [2.24, 2.45) is 0 Å². The minimum absolute atomic E-state index is 0.0211. The number of carbonyl (C=O) groups is 3. The molecule has 2 N–H and O–H groups in total. The van der Waals surface area contributed by atoms with Gasteiger partial charge in [-0.25, -0.2) is 0 Å². The number of Topliss-reactive ketones (excluding diaryl/α,β-unsaturated/α-hetero) is 1. The number of amides is 2.